The van der Waals surface area contributed by atoms with E-state index >= 15 is 0 Å². The molecule has 3 rings (SSSR count). The zero-order valence-electron chi connectivity index (χ0n) is 14.4. The lowest BCUT2D eigenvalue weighted by molar-refractivity contribution is 0.484. The highest BCUT2D eigenvalue weighted by Crippen LogP contribution is 2.29. The summed E-state index contributed by atoms with van der Waals surface area (Å²) in [5.74, 6) is 1.04. The highest BCUT2D eigenvalue weighted by molar-refractivity contribution is 5.78. The number of rotatable bonds is 3. The molecular weight excluding hydrogens is 298 g/mol. The number of nitrogens with two attached hydrogens (primary N) is 2. The van der Waals surface area contributed by atoms with Crippen molar-refractivity contribution in [2.75, 3.05) is 0 Å². The van der Waals surface area contributed by atoms with Crippen molar-refractivity contribution in [3.05, 3.63) is 47.7 Å². The first-order valence-electron chi connectivity index (χ1n) is 8.94. The fourth-order valence-corrected chi connectivity index (χ4v) is 3.45. The van der Waals surface area contributed by atoms with Gasteiger partial charge < -0.3 is 22.1 Å². The molecule has 4 atom stereocenters. The van der Waals surface area contributed by atoms with E-state index in [1.807, 2.05) is 12.2 Å². The topological polar surface area (TPSA) is 88.5 Å². The molecule has 1 aliphatic heterocycles. The Labute approximate surface area is 144 Å². The molecule has 0 saturated heterocycles. The maximum Gasteiger partial charge on any atom is 0.191 e. The molecule has 4 unspecified atom stereocenters. The standard InChI is InChI=1S/C19H29N5/c1-13-5-7-14(8-6-13)17-3-2-4-18(23-17)24-19(21)22-16-11-9-15(20)10-12-16/h2-5,9,11,14-16,18,23H,6-8,10,12,20H2,1H3,(H3,21,22,24). The van der Waals surface area contributed by atoms with E-state index in [-0.39, 0.29) is 18.2 Å². The minimum absolute atomic E-state index is 0.0978. The number of guanidine groups is 1. The van der Waals surface area contributed by atoms with E-state index in [4.69, 9.17) is 11.5 Å². The smallest absolute Gasteiger partial charge is 0.191 e. The molecular formula is C19H29N5. The lowest BCUT2D eigenvalue weighted by Crippen LogP contribution is -2.43. The fourth-order valence-electron chi connectivity index (χ4n) is 3.45. The van der Waals surface area contributed by atoms with Crippen LogP contribution in [-0.2, 0) is 0 Å². The zero-order valence-corrected chi connectivity index (χ0v) is 14.4. The van der Waals surface area contributed by atoms with E-state index < -0.39 is 0 Å². The zero-order chi connectivity index (χ0) is 16.9. The van der Waals surface area contributed by atoms with Gasteiger partial charge in [0.2, 0.25) is 0 Å². The van der Waals surface area contributed by atoms with Gasteiger partial charge in [-0.2, -0.15) is 0 Å². The predicted molar refractivity (Wildman–Crippen MR) is 100 cm³/mol. The Hall–Kier alpha value is -2.01. The van der Waals surface area contributed by atoms with Crippen LogP contribution in [-0.4, -0.2) is 24.2 Å². The second-order valence-corrected chi connectivity index (χ2v) is 7.01. The molecule has 0 spiro atoms. The summed E-state index contributed by atoms with van der Waals surface area (Å²) in [5, 5.41) is 6.78. The molecule has 0 aromatic heterocycles. The molecule has 5 heteroatoms. The van der Waals surface area contributed by atoms with Crippen molar-refractivity contribution in [2.24, 2.45) is 22.4 Å². The van der Waals surface area contributed by atoms with Crippen molar-refractivity contribution in [1.82, 2.24) is 10.6 Å². The predicted octanol–water partition coefficient (Wildman–Crippen LogP) is 2.05. The first-order valence-corrected chi connectivity index (χ1v) is 8.94. The normalized spacial score (nSPS) is 33.5. The van der Waals surface area contributed by atoms with E-state index in [1.165, 1.54) is 24.1 Å². The summed E-state index contributed by atoms with van der Waals surface area (Å²) in [6.07, 6.45) is 18.1. The average molecular weight is 327 g/mol. The summed E-state index contributed by atoms with van der Waals surface area (Å²) < 4.78 is 0. The van der Waals surface area contributed by atoms with Crippen LogP contribution in [0.3, 0.4) is 0 Å². The quantitative estimate of drug-likeness (QED) is 0.363. The number of aliphatic imine (C=N–C) groups is 1. The minimum atomic E-state index is -0.0978. The van der Waals surface area contributed by atoms with Gasteiger partial charge in [0.1, 0.15) is 6.17 Å². The van der Waals surface area contributed by atoms with Crippen LogP contribution < -0.4 is 22.1 Å². The van der Waals surface area contributed by atoms with E-state index in [0.717, 1.165) is 19.3 Å². The van der Waals surface area contributed by atoms with E-state index in [1.54, 1.807) is 0 Å². The molecule has 1 heterocycles. The van der Waals surface area contributed by atoms with Crippen molar-refractivity contribution in [2.45, 2.75) is 57.3 Å². The van der Waals surface area contributed by atoms with Gasteiger partial charge in [-0.3, -0.25) is 0 Å². The van der Waals surface area contributed by atoms with Crippen molar-refractivity contribution >= 4 is 5.96 Å². The lowest BCUT2D eigenvalue weighted by Gasteiger charge is -2.28. The summed E-state index contributed by atoms with van der Waals surface area (Å²) in [4.78, 5) is 4.57. The molecule has 0 amide bonds. The Morgan fingerprint density at radius 2 is 2.12 bits per heavy atom. The third-order valence-corrected chi connectivity index (χ3v) is 4.97. The van der Waals surface area contributed by atoms with Crippen LogP contribution in [0.15, 0.2) is 52.7 Å². The summed E-state index contributed by atoms with van der Waals surface area (Å²) in [6, 6.07) is 0.396. The Kier molecular flexibility index (Phi) is 5.41. The van der Waals surface area contributed by atoms with Gasteiger partial charge in [-0.25, -0.2) is 4.99 Å². The van der Waals surface area contributed by atoms with Crippen LogP contribution in [0.5, 0.6) is 0 Å². The van der Waals surface area contributed by atoms with Crippen molar-refractivity contribution < 1.29 is 0 Å². The molecule has 0 bridgehead atoms. The third kappa shape index (κ3) is 4.51. The highest BCUT2D eigenvalue weighted by Gasteiger charge is 2.20. The lowest BCUT2D eigenvalue weighted by atomic mass is 9.87. The SMILES string of the molecule is CC1=CCC(C2=CC=CC(N=C(N)NC3C=CC(N)CC3)N2)CC1. The fraction of sp³-hybridized carbons (Fsp3) is 0.526. The number of dihydropyridines is 1. The summed E-state index contributed by atoms with van der Waals surface area (Å²) in [6.45, 7) is 2.21. The van der Waals surface area contributed by atoms with Crippen LogP contribution in [0, 0.1) is 5.92 Å². The third-order valence-electron chi connectivity index (χ3n) is 4.97. The van der Waals surface area contributed by atoms with Gasteiger partial charge in [0.05, 0.1) is 0 Å². The summed E-state index contributed by atoms with van der Waals surface area (Å²) >= 11 is 0. The maximum absolute atomic E-state index is 6.08. The highest BCUT2D eigenvalue weighted by atomic mass is 15.2. The van der Waals surface area contributed by atoms with Crippen LogP contribution >= 0.6 is 0 Å². The first-order chi connectivity index (χ1) is 11.6. The maximum atomic E-state index is 6.08. The second-order valence-electron chi connectivity index (χ2n) is 7.01. The van der Waals surface area contributed by atoms with Crippen LogP contribution in [0.2, 0.25) is 0 Å². The molecule has 0 aromatic rings. The number of hydrogen-bond acceptors (Lipinski definition) is 3. The monoisotopic (exact) mass is 327 g/mol. The number of hydrogen-bond donors (Lipinski definition) is 4. The molecule has 2 aliphatic carbocycles. The van der Waals surface area contributed by atoms with Crippen molar-refractivity contribution in [3.63, 3.8) is 0 Å². The molecule has 0 radical (unpaired) electrons. The molecule has 24 heavy (non-hydrogen) atoms. The molecule has 0 aromatic carbocycles. The van der Waals surface area contributed by atoms with E-state index in [9.17, 15) is 0 Å². The van der Waals surface area contributed by atoms with E-state index in [2.05, 4.69) is 46.9 Å². The van der Waals surface area contributed by atoms with Crippen molar-refractivity contribution in [3.8, 4) is 0 Å². The van der Waals surface area contributed by atoms with Gasteiger partial charge in [-0.15, -0.1) is 0 Å². The molecule has 6 N–H and O–H groups in total. The number of nitrogens with zero attached hydrogens (tertiary/aromatic N) is 1. The van der Waals surface area contributed by atoms with Crippen LogP contribution in [0.25, 0.3) is 0 Å². The van der Waals surface area contributed by atoms with Gasteiger partial charge >= 0.3 is 0 Å². The number of allylic oxidation sites excluding steroid dienone is 5. The van der Waals surface area contributed by atoms with Gasteiger partial charge in [-0.05, 0) is 51.2 Å². The van der Waals surface area contributed by atoms with E-state index in [0.29, 0.717) is 11.9 Å². The molecule has 5 nitrogen and oxygen atoms in total. The molecule has 0 saturated carbocycles. The first kappa shape index (κ1) is 16.8. The average Bonchev–Trinajstić information content (AvgIpc) is 2.58. The van der Waals surface area contributed by atoms with Gasteiger partial charge in [-0.1, -0.05) is 29.9 Å². The molecule has 3 aliphatic rings. The van der Waals surface area contributed by atoms with Crippen LogP contribution in [0.4, 0.5) is 0 Å². The summed E-state index contributed by atoms with van der Waals surface area (Å²) in [7, 11) is 0. The molecule has 0 fully saturated rings. The minimum Gasteiger partial charge on any atom is -0.370 e. The van der Waals surface area contributed by atoms with Gasteiger partial charge in [0.25, 0.3) is 0 Å². The Balaban J connectivity index is 1.55. The van der Waals surface area contributed by atoms with Crippen LogP contribution in [0.1, 0.15) is 39.0 Å². The van der Waals surface area contributed by atoms with Crippen molar-refractivity contribution in [1.29, 1.82) is 0 Å². The van der Waals surface area contributed by atoms with Gasteiger partial charge in [0, 0.05) is 23.7 Å². The summed E-state index contributed by atoms with van der Waals surface area (Å²) in [5.41, 5.74) is 14.7. The Morgan fingerprint density at radius 1 is 1.25 bits per heavy atom. The molecule has 130 valence electrons. The second kappa shape index (κ2) is 7.71. The Bertz CT molecular complexity index is 599. The number of nitrogens with one attached hydrogen (secondary N) is 2. The largest absolute Gasteiger partial charge is 0.370 e. The van der Waals surface area contributed by atoms with Gasteiger partial charge in [0.15, 0.2) is 5.96 Å². The Morgan fingerprint density at radius 3 is 2.83 bits per heavy atom.